The lowest BCUT2D eigenvalue weighted by molar-refractivity contribution is -0.136. The summed E-state index contributed by atoms with van der Waals surface area (Å²) in [4.78, 5) is 18.9. The predicted octanol–water partition coefficient (Wildman–Crippen LogP) is 3.74. The summed E-state index contributed by atoms with van der Waals surface area (Å²) in [5.41, 5.74) is 1.22. The highest BCUT2D eigenvalue weighted by molar-refractivity contribution is 7.10. The molecule has 2 aromatic rings. The molecule has 4 rings (SSSR count). The van der Waals surface area contributed by atoms with E-state index in [-0.39, 0.29) is 18.1 Å². The van der Waals surface area contributed by atoms with Crippen molar-refractivity contribution in [2.75, 3.05) is 32.8 Å². The Bertz CT molecular complexity index is 821. The van der Waals surface area contributed by atoms with Crippen LogP contribution in [0, 0.1) is 5.92 Å². The first-order valence-electron chi connectivity index (χ1n) is 11.1. The van der Waals surface area contributed by atoms with Gasteiger partial charge in [0, 0.05) is 24.5 Å². The van der Waals surface area contributed by atoms with Crippen LogP contribution in [0.15, 0.2) is 41.8 Å². The second kappa shape index (κ2) is 9.94. The maximum absolute atomic E-state index is 13.4. The van der Waals surface area contributed by atoms with E-state index in [4.69, 9.17) is 4.74 Å². The van der Waals surface area contributed by atoms with Crippen molar-refractivity contribution in [3.63, 3.8) is 0 Å². The summed E-state index contributed by atoms with van der Waals surface area (Å²) < 4.78 is 6.07. The Morgan fingerprint density at radius 2 is 2.10 bits per heavy atom. The van der Waals surface area contributed by atoms with Crippen LogP contribution in [0.3, 0.4) is 0 Å². The molecule has 0 unspecified atom stereocenters. The van der Waals surface area contributed by atoms with Gasteiger partial charge in [-0.2, -0.15) is 0 Å². The Labute approximate surface area is 183 Å². The van der Waals surface area contributed by atoms with E-state index in [2.05, 4.69) is 16.3 Å². The van der Waals surface area contributed by atoms with Gasteiger partial charge in [0.25, 0.3) is 0 Å². The third-order valence-electron chi connectivity index (χ3n) is 6.08. The Morgan fingerprint density at radius 1 is 1.30 bits per heavy atom. The van der Waals surface area contributed by atoms with Gasteiger partial charge in [0.05, 0.1) is 18.7 Å². The summed E-state index contributed by atoms with van der Waals surface area (Å²) in [5.74, 6) is 1.65. The molecule has 2 aliphatic rings. The number of hydrogen-bond donors (Lipinski definition) is 1. The summed E-state index contributed by atoms with van der Waals surface area (Å²) >= 11 is 1.77. The van der Waals surface area contributed by atoms with Crippen LogP contribution in [0.4, 0.5) is 0 Å². The van der Waals surface area contributed by atoms with Crippen LogP contribution in [0.2, 0.25) is 0 Å². The molecule has 162 valence electrons. The number of carbonyl (C=O) groups is 1. The van der Waals surface area contributed by atoms with Gasteiger partial charge in [-0.1, -0.05) is 25.1 Å². The van der Waals surface area contributed by atoms with Gasteiger partial charge in [-0.15, -0.1) is 11.3 Å². The summed E-state index contributed by atoms with van der Waals surface area (Å²) in [6.07, 6.45) is 3.72. The standard InChI is InChI=1S/C24H32N2O3S/c1-2-19(27)15-25(14-18-8-9-18)16-24(28)26-12-10-23-21(11-13-30-23)22(26)17-29-20-6-4-3-5-7-20/h3-7,11,13,18-19,22,27H,2,8-10,12,14-17H2,1H3/t19-,22+/m0/s1. The van der Waals surface area contributed by atoms with Crippen molar-refractivity contribution in [2.24, 2.45) is 5.92 Å². The van der Waals surface area contributed by atoms with Gasteiger partial charge in [-0.3, -0.25) is 9.69 Å². The van der Waals surface area contributed by atoms with E-state index in [1.54, 1.807) is 11.3 Å². The molecule has 1 saturated carbocycles. The lowest BCUT2D eigenvalue weighted by atomic mass is 10.0. The van der Waals surface area contributed by atoms with E-state index in [0.717, 1.165) is 25.3 Å². The first-order valence-corrected chi connectivity index (χ1v) is 12.0. The average molecular weight is 429 g/mol. The molecule has 5 nitrogen and oxygen atoms in total. The van der Waals surface area contributed by atoms with E-state index >= 15 is 0 Å². The molecule has 1 aliphatic carbocycles. The van der Waals surface area contributed by atoms with Crippen LogP contribution in [-0.4, -0.2) is 59.7 Å². The lowest BCUT2D eigenvalue weighted by Crippen LogP contribution is -2.48. The highest BCUT2D eigenvalue weighted by atomic mass is 32.1. The fourth-order valence-electron chi connectivity index (χ4n) is 4.14. The molecule has 1 amide bonds. The van der Waals surface area contributed by atoms with Gasteiger partial charge in [-0.05, 0) is 60.7 Å². The van der Waals surface area contributed by atoms with Gasteiger partial charge in [-0.25, -0.2) is 0 Å². The highest BCUT2D eigenvalue weighted by Gasteiger charge is 2.34. The van der Waals surface area contributed by atoms with Gasteiger partial charge >= 0.3 is 0 Å². The number of nitrogens with zero attached hydrogens (tertiary/aromatic N) is 2. The molecule has 2 heterocycles. The van der Waals surface area contributed by atoms with E-state index in [1.807, 2.05) is 42.2 Å². The summed E-state index contributed by atoms with van der Waals surface area (Å²) in [5, 5.41) is 12.3. The van der Waals surface area contributed by atoms with Gasteiger partial charge in [0.15, 0.2) is 0 Å². The number of benzene rings is 1. The van der Waals surface area contributed by atoms with E-state index < -0.39 is 0 Å². The summed E-state index contributed by atoms with van der Waals surface area (Å²) in [6.45, 7) is 5.02. The third kappa shape index (κ3) is 5.42. The smallest absolute Gasteiger partial charge is 0.237 e. The summed E-state index contributed by atoms with van der Waals surface area (Å²) in [7, 11) is 0. The molecular formula is C24H32N2O3S. The molecule has 1 fully saturated rings. The van der Waals surface area contributed by atoms with Crippen molar-refractivity contribution in [3.8, 4) is 5.75 Å². The van der Waals surface area contributed by atoms with Crippen molar-refractivity contribution >= 4 is 17.2 Å². The van der Waals surface area contributed by atoms with Crippen molar-refractivity contribution in [1.82, 2.24) is 9.80 Å². The monoisotopic (exact) mass is 428 g/mol. The number of thiophene rings is 1. The molecule has 0 saturated heterocycles. The third-order valence-corrected chi connectivity index (χ3v) is 7.08. The molecule has 6 heteroatoms. The molecule has 1 aromatic heterocycles. The van der Waals surface area contributed by atoms with Crippen molar-refractivity contribution in [3.05, 3.63) is 52.2 Å². The number of carbonyl (C=O) groups excluding carboxylic acids is 1. The second-order valence-electron chi connectivity index (χ2n) is 8.48. The number of aliphatic hydroxyl groups is 1. The lowest BCUT2D eigenvalue weighted by Gasteiger charge is -2.37. The normalized spacial score (nSPS) is 19.6. The first kappa shape index (κ1) is 21.3. The molecular weight excluding hydrogens is 396 g/mol. The Morgan fingerprint density at radius 3 is 2.83 bits per heavy atom. The zero-order valence-electron chi connectivity index (χ0n) is 17.7. The highest BCUT2D eigenvalue weighted by Crippen LogP contribution is 2.34. The van der Waals surface area contributed by atoms with Crippen LogP contribution in [0.5, 0.6) is 5.75 Å². The van der Waals surface area contributed by atoms with E-state index in [1.165, 1.54) is 23.3 Å². The van der Waals surface area contributed by atoms with E-state index in [9.17, 15) is 9.90 Å². The van der Waals surface area contributed by atoms with Crippen LogP contribution in [0.1, 0.15) is 42.7 Å². The largest absolute Gasteiger partial charge is 0.491 e. The van der Waals surface area contributed by atoms with Crippen molar-refractivity contribution in [2.45, 2.75) is 44.8 Å². The molecule has 1 N–H and O–H groups in total. The zero-order chi connectivity index (χ0) is 20.9. The van der Waals surface area contributed by atoms with Gasteiger partial charge in [0.2, 0.25) is 5.91 Å². The van der Waals surface area contributed by atoms with Crippen LogP contribution < -0.4 is 4.74 Å². The van der Waals surface area contributed by atoms with Gasteiger partial charge in [0.1, 0.15) is 12.4 Å². The van der Waals surface area contributed by atoms with Gasteiger partial charge < -0.3 is 14.7 Å². The van der Waals surface area contributed by atoms with E-state index in [0.29, 0.717) is 32.0 Å². The predicted molar refractivity (Wildman–Crippen MR) is 120 cm³/mol. The first-order chi connectivity index (χ1) is 14.6. The van der Waals surface area contributed by atoms with Crippen LogP contribution in [-0.2, 0) is 11.2 Å². The molecule has 2 atom stereocenters. The summed E-state index contributed by atoms with van der Waals surface area (Å²) in [6, 6.07) is 11.9. The van der Waals surface area contributed by atoms with Crippen LogP contribution >= 0.6 is 11.3 Å². The van der Waals surface area contributed by atoms with Crippen molar-refractivity contribution < 1.29 is 14.6 Å². The minimum atomic E-state index is -0.376. The molecule has 0 radical (unpaired) electrons. The topological polar surface area (TPSA) is 53.0 Å². The number of aliphatic hydroxyl groups excluding tert-OH is 1. The van der Waals surface area contributed by atoms with Crippen molar-refractivity contribution in [1.29, 1.82) is 0 Å². The molecule has 1 aromatic carbocycles. The Hall–Kier alpha value is -1.89. The molecule has 0 spiro atoms. The second-order valence-corrected chi connectivity index (χ2v) is 9.48. The Kier molecular flexibility index (Phi) is 7.08. The number of amides is 1. The number of para-hydroxylation sites is 1. The minimum absolute atomic E-state index is 0.0634. The average Bonchev–Trinajstić information content (AvgIpc) is 3.44. The maximum atomic E-state index is 13.4. The fraction of sp³-hybridized carbons (Fsp3) is 0.542. The van der Waals surface area contributed by atoms with Crippen LogP contribution in [0.25, 0.3) is 0 Å². The quantitative estimate of drug-likeness (QED) is 0.626. The molecule has 0 bridgehead atoms. The minimum Gasteiger partial charge on any atom is -0.491 e. The Balaban J connectivity index is 1.46. The number of ether oxygens (including phenoxy) is 1. The number of rotatable bonds is 10. The zero-order valence-corrected chi connectivity index (χ0v) is 18.5. The number of hydrogen-bond acceptors (Lipinski definition) is 5. The molecule has 30 heavy (non-hydrogen) atoms. The maximum Gasteiger partial charge on any atom is 0.237 e. The fourth-order valence-corrected chi connectivity index (χ4v) is 5.07. The molecule has 1 aliphatic heterocycles. The number of fused-ring (bicyclic) bond motifs is 1. The SMILES string of the molecule is CC[C@H](O)CN(CC(=O)N1CCc2sccc2[C@H]1COc1ccccc1)CC1CC1.